The van der Waals surface area contributed by atoms with Crippen molar-refractivity contribution < 1.29 is 55.7 Å². The van der Waals surface area contributed by atoms with Gasteiger partial charge in [-0.2, -0.15) is 4.31 Å². The lowest BCUT2D eigenvalue weighted by Gasteiger charge is -2.22. The summed E-state index contributed by atoms with van der Waals surface area (Å²) < 4.78 is 70.4. The maximum Gasteiger partial charge on any atom is 0.488 e. The summed E-state index contributed by atoms with van der Waals surface area (Å²) in [6.07, 6.45) is -2.79. The topological polar surface area (TPSA) is 222 Å². The van der Waals surface area contributed by atoms with E-state index < -0.39 is 71.9 Å². The standard InChI is InChI=1S/C26H31N2O14P3/c1-16-8-10-19(14-17(16)2)43(31,32)41-45(35,36)42-44(33,34)37-15-20-23-24(25(38-20)28-13-12-21(29)27-26(28)30)40-22(39-23)11-9-18-6-4-3-5-7-18/h3-8,10,12-14,20,22-25H,9,11,15H2,1-2H3,(H,31,32)(H,33,34)(H,35,36)(H,27,29,30)/t20-,22?,23?,24+,25-/m1/s1. The predicted molar refractivity (Wildman–Crippen MR) is 157 cm³/mol. The van der Waals surface area contributed by atoms with E-state index in [0.29, 0.717) is 18.4 Å². The van der Waals surface area contributed by atoms with Crippen molar-refractivity contribution in [2.45, 2.75) is 57.5 Å². The van der Waals surface area contributed by atoms with Gasteiger partial charge in [-0.05, 0) is 49.1 Å². The fraction of sp³-hybridized carbons (Fsp3) is 0.385. The van der Waals surface area contributed by atoms with E-state index in [-0.39, 0.29) is 5.30 Å². The zero-order chi connectivity index (χ0) is 32.6. The van der Waals surface area contributed by atoms with Crippen LogP contribution in [0.15, 0.2) is 70.4 Å². The van der Waals surface area contributed by atoms with Crippen molar-refractivity contribution in [1.29, 1.82) is 0 Å². The highest BCUT2D eigenvalue weighted by Gasteiger charge is 2.54. The second-order valence-corrected chi connectivity index (χ2v) is 15.4. The molecule has 5 unspecified atom stereocenters. The summed E-state index contributed by atoms with van der Waals surface area (Å²) in [6, 6.07) is 14.6. The number of hydrogen-bond acceptors (Lipinski definition) is 11. The van der Waals surface area contributed by atoms with Crippen LogP contribution in [0.5, 0.6) is 0 Å². The van der Waals surface area contributed by atoms with Crippen LogP contribution in [0.1, 0.15) is 29.3 Å². The fourth-order valence-corrected chi connectivity index (χ4v) is 8.95. The van der Waals surface area contributed by atoms with Gasteiger partial charge in [0.1, 0.15) is 18.3 Å². The first-order chi connectivity index (χ1) is 21.1. The van der Waals surface area contributed by atoms with Gasteiger partial charge in [0.2, 0.25) is 0 Å². The van der Waals surface area contributed by atoms with Gasteiger partial charge in [-0.25, -0.2) is 18.2 Å². The Morgan fingerprint density at radius 1 is 0.867 bits per heavy atom. The molecule has 2 aliphatic heterocycles. The Hall–Kier alpha value is -2.55. The number of nitrogens with zero attached hydrogens (tertiary/aromatic N) is 1. The summed E-state index contributed by atoms with van der Waals surface area (Å²) in [5.74, 6) is 0. The number of nitrogens with one attached hydrogen (secondary N) is 1. The molecule has 2 saturated heterocycles. The lowest BCUT2D eigenvalue weighted by molar-refractivity contribution is -0.153. The van der Waals surface area contributed by atoms with E-state index >= 15 is 0 Å². The average Bonchev–Trinajstić information content (AvgIpc) is 3.51. The highest BCUT2D eigenvalue weighted by atomic mass is 31.3. The molecule has 0 amide bonds. The molecule has 2 fully saturated rings. The molecule has 3 aromatic rings. The van der Waals surface area contributed by atoms with Crippen LogP contribution in [0.25, 0.3) is 0 Å². The molecule has 244 valence electrons. The van der Waals surface area contributed by atoms with Gasteiger partial charge in [0.05, 0.1) is 11.9 Å². The Balaban J connectivity index is 1.27. The molecule has 0 aliphatic carbocycles. The maximum atomic E-state index is 12.7. The Bertz CT molecular complexity index is 1800. The van der Waals surface area contributed by atoms with Crippen LogP contribution in [0, 0.1) is 13.8 Å². The van der Waals surface area contributed by atoms with Crippen molar-refractivity contribution in [2.24, 2.45) is 0 Å². The molecule has 5 rings (SSSR count). The molecule has 0 spiro atoms. The van der Waals surface area contributed by atoms with E-state index in [2.05, 4.69) is 13.6 Å². The Morgan fingerprint density at radius 3 is 2.27 bits per heavy atom. The van der Waals surface area contributed by atoms with Gasteiger partial charge in [-0.3, -0.25) is 23.4 Å². The zero-order valence-corrected chi connectivity index (χ0v) is 26.6. The monoisotopic (exact) mass is 688 g/mol. The van der Waals surface area contributed by atoms with Crippen LogP contribution in [0.2, 0.25) is 0 Å². The molecule has 0 saturated carbocycles. The van der Waals surface area contributed by atoms with E-state index in [4.69, 9.17) is 18.7 Å². The zero-order valence-electron chi connectivity index (χ0n) is 23.9. The van der Waals surface area contributed by atoms with Gasteiger partial charge in [-0.1, -0.05) is 36.4 Å². The molecule has 0 bridgehead atoms. The van der Waals surface area contributed by atoms with Gasteiger partial charge in [0, 0.05) is 18.7 Å². The number of hydrogen-bond donors (Lipinski definition) is 4. The van der Waals surface area contributed by atoms with E-state index in [0.717, 1.165) is 21.8 Å². The van der Waals surface area contributed by atoms with Crippen LogP contribution >= 0.6 is 23.2 Å². The molecule has 0 radical (unpaired) electrons. The second-order valence-electron chi connectivity index (χ2n) is 10.4. The van der Waals surface area contributed by atoms with Crippen LogP contribution in [-0.2, 0) is 47.5 Å². The lowest BCUT2D eigenvalue weighted by atomic mass is 10.1. The molecule has 4 N–H and O–H groups in total. The third-order valence-electron chi connectivity index (χ3n) is 7.18. The van der Waals surface area contributed by atoms with Crippen LogP contribution in [-0.4, -0.2) is 55.4 Å². The number of phosphoric ester groups is 1. The number of rotatable bonds is 12. The lowest BCUT2D eigenvalue weighted by Crippen LogP contribution is -2.36. The van der Waals surface area contributed by atoms with Gasteiger partial charge in [0.25, 0.3) is 5.56 Å². The molecule has 2 aliphatic rings. The van der Waals surface area contributed by atoms with Gasteiger partial charge in [-0.15, -0.1) is 0 Å². The fourth-order valence-electron chi connectivity index (χ4n) is 4.88. The normalized spacial score (nSPS) is 26.9. The summed E-state index contributed by atoms with van der Waals surface area (Å²) in [4.78, 5) is 56.8. The van der Waals surface area contributed by atoms with Crippen LogP contribution < -0.4 is 16.6 Å². The number of aryl methyl sites for hydroxylation is 3. The highest BCUT2D eigenvalue weighted by Crippen LogP contribution is 2.67. The van der Waals surface area contributed by atoms with Crippen molar-refractivity contribution in [3.63, 3.8) is 0 Å². The van der Waals surface area contributed by atoms with Crippen molar-refractivity contribution in [1.82, 2.24) is 9.55 Å². The molecule has 16 nitrogen and oxygen atoms in total. The predicted octanol–water partition coefficient (Wildman–Crippen LogP) is 2.56. The van der Waals surface area contributed by atoms with Gasteiger partial charge in [0.15, 0.2) is 12.5 Å². The van der Waals surface area contributed by atoms with E-state index in [9.17, 15) is 38.0 Å². The Labute approximate surface area is 256 Å². The molecule has 1 aromatic heterocycles. The molecular formula is C26H31N2O14P3. The minimum Gasteiger partial charge on any atom is -0.346 e. The number of aromatic amines is 1. The number of benzene rings is 2. The first kappa shape index (κ1) is 33.8. The van der Waals surface area contributed by atoms with Crippen molar-refractivity contribution >= 4 is 28.5 Å². The van der Waals surface area contributed by atoms with Crippen LogP contribution in [0.3, 0.4) is 0 Å². The molecule has 2 aromatic carbocycles. The summed E-state index contributed by atoms with van der Waals surface area (Å²) in [5, 5.41) is -0.341. The molecule has 45 heavy (non-hydrogen) atoms. The molecule has 19 heteroatoms. The Kier molecular flexibility index (Phi) is 9.98. The molecule has 8 atom stereocenters. The summed E-state index contributed by atoms with van der Waals surface area (Å²) in [5.41, 5.74) is 0.932. The minimum atomic E-state index is -5.66. The van der Waals surface area contributed by atoms with Gasteiger partial charge < -0.3 is 28.9 Å². The summed E-state index contributed by atoms with van der Waals surface area (Å²) in [7, 11) is -16.1. The number of fused-ring (bicyclic) bond motifs is 1. The van der Waals surface area contributed by atoms with Crippen LogP contribution in [0.4, 0.5) is 0 Å². The largest absolute Gasteiger partial charge is 0.488 e. The smallest absolute Gasteiger partial charge is 0.346 e. The average molecular weight is 688 g/mol. The van der Waals surface area contributed by atoms with Gasteiger partial charge >= 0.3 is 28.9 Å². The number of H-pyrrole nitrogens is 1. The maximum absolute atomic E-state index is 12.7. The highest BCUT2D eigenvalue weighted by molar-refractivity contribution is 7.71. The minimum absolute atomic E-state index is 0.341. The quantitative estimate of drug-likeness (QED) is 0.201. The first-order valence-electron chi connectivity index (χ1n) is 13.6. The first-order valence-corrected chi connectivity index (χ1v) is 18.1. The number of aromatic nitrogens is 2. The SMILES string of the molecule is Cc1ccc(P(=O)(O)OP(=O)(O)OP(=O)(O)OC[C@H]2O[C@@H](n3ccc(=O)[nH]c3=O)[C@H]3OC(CCc4ccccc4)OC23)cc1C. The summed E-state index contributed by atoms with van der Waals surface area (Å²) >= 11 is 0. The third kappa shape index (κ3) is 8.25. The number of phosphoric acid groups is 2. The number of ether oxygens (including phenoxy) is 3. The van der Waals surface area contributed by atoms with E-state index in [1.54, 1.807) is 13.8 Å². The second kappa shape index (κ2) is 13.3. The van der Waals surface area contributed by atoms with Crippen molar-refractivity contribution in [3.8, 4) is 0 Å². The van der Waals surface area contributed by atoms with Crippen molar-refractivity contribution in [2.75, 3.05) is 6.61 Å². The van der Waals surface area contributed by atoms with Crippen molar-refractivity contribution in [3.05, 3.63) is 98.3 Å². The van der Waals surface area contributed by atoms with E-state index in [1.165, 1.54) is 24.4 Å². The summed E-state index contributed by atoms with van der Waals surface area (Å²) in [6.45, 7) is 2.61. The van der Waals surface area contributed by atoms with E-state index in [1.807, 2.05) is 30.3 Å². The third-order valence-corrected chi connectivity index (χ3v) is 11.9. The molecule has 3 heterocycles. The molecular weight excluding hydrogens is 657 g/mol. The Morgan fingerprint density at radius 2 is 1.58 bits per heavy atom.